The van der Waals surface area contributed by atoms with Gasteiger partial charge >= 0.3 is 0 Å². The summed E-state index contributed by atoms with van der Waals surface area (Å²) >= 11 is 0. The van der Waals surface area contributed by atoms with Gasteiger partial charge in [-0.2, -0.15) is 0 Å². The topological polar surface area (TPSA) is 40.6 Å². The van der Waals surface area contributed by atoms with Crippen LogP contribution in [0.5, 0.6) is 0 Å². The Hall–Kier alpha value is -2.95. The first kappa shape index (κ1) is 16.5. The van der Waals surface area contributed by atoms with Crippen molar-refractivity contribution in [3.8, 4) is 0 Å². The number of benzene rings is 2. The molecule has 0 spiro atoms. The van der Waals surface area contributed by atoms with Gasteiger partial charge in [-0.05, 0) is 36.6 Å². The lowest BCUT2D eigenvalue weighted by Crippen LogP contribution is -2.39. The van der Waals surface area contributed by atoms with Crippen molar-refractivity contribution in [1.82, 2.24) is 9.80 Å². The first-order chi connectivity index (χ1) is 12.6. The molecule has 2 aliphatic heterocycles. The summed E-state index contributed by atoms with van der Waals surface area (Å²) in [6.07, 6.45) is 1.66. The van der Waals surface area contributed by atoms with Crippen LogP contribution in [-0.2, 0) is 4.79 Å². The molecule has 0 saturated carbocycles. The number of carbonyl (C=O) groups is 2. The van der Waals surface area contributed by atoms with Gasteiger partial charge < -0.3 is 4.90 Å². The molecule has 1 fully saturated rings. The molecule has 0 bridgehead atoms. The summed E-state index contributed by atoms with van der Waals surface area (Å²) in [5.74, 6) is -0.639. The molecule has 0 N–H and O–H groups in total. The van der Waals surface area contributed by atoms with E-state index in [0.717, 1.165) is 24.0 Å². The average Bonchev–Trinajstić information content (AvgIpc) is 3.22. The first-order valence-electron chi connectivity index (χ1n) is 8.71. The fraction of sp³-hybridized carbons (Fsp3) is 0.238. The lowest BCUT2D eigenvalue weighted by molar-refractivity contribution is -0.132. The average molecular weight is 350 g/mol. The van der Waals surface area contributed by atoms with E-state index in [2.05, 4.69) is 6.58 Å². The fourth-order valence-electron chi connectivity index (χ4n) is 3.85. The summed E-state index contributed by atoms with van der Waals surface area (Å²) in [5, 5.41) is 0. The highest BCUT2D eigenvalue weighted by Crippen LogP contribution is 2.34. The summed E-state index contributed by atoms with van der Waals surface area (Å²) in [6, 6.07) is 13.5. The molecular formula is C21H19FN2O2. The van der Waals surface area contributed by atoms with Crippen molar-refractivity contribution < 1.29 is 14.0 Å². The van der Waals surface area contributed by atoms with E-state index in [-0.39, 0.29) is 30.2 Å². The quantitative estimate of drug-likeness (QED) is 0.848. The normalized spacial score (nSPS) is 19.2. The molecule has 2 amide bonds. The molecule has 2 heterocycles. The van der Waals surface area contributed by atoms with Crippen LogP contribution >= 0.6 is 0 Å². The highest BCUT2D eigenvalue weighted by Gasteiger charge is 2.36. The molecule has 2 aromatic rings. The summed E-state index contributed by atoms with van der Waals surface area (Å²) in [5.41, 5.74) is 2.70. The Morgan fingerprint density at radius 2 is 1.92 bits per heavy atom. The molecular weight excluding hydrogens is 331 g/mol. The first-order valence-corrected chi connectivity index (χ1v) is 8.71. The van der Waals surface area contributed by atoms with E-state index >= 15 is 0 Å². The van der Waals surface area contributed by atoms with Gasteiger partial charge in [0.2, 0.25) is 5.91 Å². The van der Waals surface area contributed by atoms with E-state index in [1.54, 1.807) is 23.1 Å². The molecule has 2 aromatic carbocycles. The van der Waals surface area contributed by atoms with Gasteiger partial charge in [-0.25, -0.2) is 4.39 Å². The zero-order chi connectivity index (χ0) is 18.3. The predicted molar refractivity (Wildman–Crippen MR) is 96.6 cm³/mol. The Bertz CT molecular complexity index is 873. The van der Waals surface area contributed by atoms with Crippen LogP contribution in [0.3, 0.4) is 0 Å². The third-order valence-corrected chi connectivity index (χ3v) is 5.14. The van der Waals surface area contributed by atoms with Crippen LogP contribution in [0.1, 0.15) is 40.4 Å². The lowest BCUT2D eigenvalue weighted by Gasteiger charge is -2.27. The molecule has 4 rings (SSSR count). The number of hydrogen-bond donors (Lipinski definition) is 0. The molecule has 0 unspecified atom stereocenters. The summed E-state index contributed by atoms with van der Waals surface area (Å²) in [4.78, 5) is 28.7. The van der Waals surface area contributed by atoms with Crippen molar-refractivity contribution in [2.45, 2.75) is 18.9 Å². The number of rotatable bonds is 3. The van der Waals surface area contributed by atoms with Crippen LogP contribution in [0, 0.1) is 5.82 Å². The number of carbonyl (C=O) groups excluding carboxylic acids is 2. The summed E-state index contributed by atoms with van der Waals surface area (Å²) < 4.78 is 13.6. The lowest BCUT2D eigenvalue weighted by atomic mass is 10.0. The predicted octanol–water partition coefficient (Wildman–Crippen LogP) is 3.62. The number of likely N-dealkylation sites (tertiary alicyclic amines) is 1. The van der Waals surface area contributed by atoms with Crippen molar-refractivity contribution in [2.75, 3.05) is 13.1 Å². The second-order valence-electron chi connectivity index (χ2n) is 6.68. The van der Waals surface area contributed by atoms with Crippen LogP contribution < -0.4 is 0 Å². The van der Waals surface area contributed by atoms with E-state index in [1.807, 2.05) is 18.2 Å². The molecule has 26 heavy (non-hydrogen) atoms. The monoisotopic (exact) mass is 350 g/mol. The van der Waals surface area contributed by atoms with Crippen molar-refractivity contribution in [1.29, 1.82) is 0 Å². The molecule has 1 saturated heterocycles. The minimum absolute atomic E-state index is 0.0435. The third kappa shape index (κ3) is 2.69. The van der Waals surface area contributed by atoms with Crippen LogP contribution in [0.2, 0.25) is 0 Å². The zero-order valence-corrected chi connectivity index (χ0v) is 14.3. The molecule has 5 heteroatoms. The van der Waals surface area contributed by atoms with Gasteiger partial charge in [0.05, 0.1) is 6.04 Å². The molecule has 0 radical (unpaired) electrons. The van der Waals surface area contributed by atoms with Gasteiger partial charge in [0.15, 0.2) is 0 Å². The molecule has 0 aliphatic carbocycles. The van der Waals surface area contributed by atoms with E-state index in [0.29, 0.717) is 17.8 Å². The smallest absolute Gasteiger partial charge is 0.259 e. The van der Waals surface area contributed by atoms with Crippen LogP contribution in [0.4, 0.5) is 4.39 Å². The van der Waals surface area contributed by atoms with Gasteiger partial charge in [0.1, 0.15) is 12.4 Å². The van der Waals surface area contributed by atoms with Crippen molar-refractivity contribution in [3.63, 3.8) is 0 Å². The number of fused-ring (bicyclic) bond motifs is 1. The fourth-order valence-corrected chi connectivity index (χ4v) is 3.85. The maximum Gasteiger partial charge on any atom is 0.259 e. The standard InChI is InChI=1S/C21H19FN2O2/c1-14-17-8-2-3-9-18(17)21(26)24(14)13-20(25)23-11-5-10-19(23)15-6-4-7-16(22)12-15/h2-4,6-9,12,19H,1,5,10-11,13H2/t19-/m0/s1. The molecule has 0 aromatic heterocycles. The number of halogens is 1. The van der Waals surface area contributed by atoms with Gasteiger partial charge in [0.25, 0.3) is 5.91 Å². The van der Waals surface area contributed by atoms with Crippen molar-refractivity contribution in [3.05, 3.63) is 77.6 Å². The molecule has 4 nitrogen and oxygen atoms in total. The maximum absolute atomic E-state index is 13.6. The number of nitrogens with zero attached hydrogens (tertiary/aromatic N) is 2. The third-order valence-electron chi connectivity index (χ3n) is 5.14. The minimum atomic E-state index is -0.305. The van der Waals surface area contributed by atoms with Gasteiger partial charge in [-0.15, -0.1) is 0 Å². The minimum Gasteiger partial charge on any atom is -0.334 e. The van der Waals surface area contributed by atoms with E-state index in [1.165, 1.54) is 17.0 Å². The second-order valence-corrected chi connectivity index (χ2v) is 6.68. The number of hydrogen-bond acceptors (Lipinski definition) is 2. The SMILES string of the molecule is C=C1c2ccccc2C(=O)N1CC(=O)N1CCC[C@H]1c1cccc(F)c1. The Balaban J connectivity index is 1.53. The Kier molecular flexibility index (Phi) is 4.07. The molecule has 132 valence electrons. The highest BCUT2D eigenvalue weighted by molar-refractivity contribution is 6.10. The van der Waals surface area contributed by atoms with Crippen LogP contribution in [-0.4, -0.2) is 34.7 Å². The zero-order valence-electron chi connectivity index (χ0n) is 14.3. The van der Waals surface area contributed by atoms with Crippen LogP contribution in [0.15, 0.2) is 55.1 Å². The van der Waals surface area contributed by atoms with Crippen molar-refractivity contribution in [2.24, 2.45) is 0 Å². The van der Waals surface area contributed by atoms with E-state index < -0.39 is 0 Å². The summed E-state index contributed by atoms with van der Waals surface area (Å²) in [6.45, 7) is 4.55. The largest absolute Gasteiger partial charge is 0.334 e. The maximum atomic E-state index is 13.6. The summed E-state index contributed by atoms with van der Waals surface area (Å²) in [7, 11) is 0. The highest BCUT2D eigenvalue weighted by atomic mass is 19.1. The van der Waals surface area contributed by atoms with Gasteiger partial charge in [-0.3, -0.25) is 14.5 Å². The molecule has 1 atom stereocenters. The Labute approximate surface area is 151 Å². The van der Waals surface area contributed by atoms with Gasteiger partial charge in [-0.1, -0.05) is 36.9 Å². The number of amides is 2. The van der Waals surface area contributed by atoms with Crippen molar-refractivity contribution >= 4 is 17.5 Å². The molecule has 2 aliphatic rings. The Morgan fingerprint density at radius 1 is 1.15 bits per heavy atom. The van der Waals surface area contributed by atoms with Crippen LogP contribution in [0.25, 0.3) is 5.70 Å². The Morgan fingerprint density at radius 3 is 2.65 bits per heavy atom. The van der Waals surface area contributed by atoms with E-state index in [4.69, 9.17) is 0 Å². The second kappa shape index (κ2) is 6.41. The van der Waals surface area contributed by atoms with Gasteiger partial charge in [0, 0.05) is 23.4 Å². The van der Waals surface area contributed by atoms with E-state index in [9.17, 15) is 14.0 Å².